The van der Waals surface area contributed by atoms with Crippen molar-refractivity contribution in [3.63, 3.8) is 0 Å². The molecule has 2 aromatic rings. The topological polar surface area (TPSA) is 29.5 Å². The summed E-state index contributed by atoms with van der Waals surface area (Å²) in [6.45, 7) is 3.58. The normalized spacial score (nSPS) is 16.4. The molecule has 0 N–H and O–H groups in total. The minimum atomic E-state index is -0.216. The van der Waals surface area contributed by atoms with Gasteiger partial charge in [0.25, 0.3) is 0 Å². The predicted molar refractivity (Wildman–Crippen MR) is 89.1 cm³/mol. The van der Waals surface area contributed by atoms with Crippen molar-refractivity contribution in [3.8, 4) is 0 Å². The van der Waals surface area contributed by atoms with Crippen LogP contribution in [-0.2, 0) is 4.74 Å². The van der Waals surface area contributed by atoms with E-state index in [1.165, 1.54) is 25.7 Å². The SMILES string of the molecule is O=C(OCCN1CCCCCC1)c1cccc2ccccc12. The number of nitrogens with zero attached hydrogens (tertiary/aromatic N) is 1. The van der Waals surface area contributed by atoms with Gasteiger partial charge in [0.15, 0.2) is 0 Å². The Bertz CT molecular complexity index is 625. The van der Waals surface area contributed by atoms with Crippen LogP contribution in [0.2, 0.25) is 0 Å². The zero-order valence-electron chi connectivity index (χ0n) is 13.0. The number of hydrogen-bond donors (Lipinski definition) is 0. The van der Waals surface area contributed by atoms with Gasteiger partial charge in [-0.25, -0.2) is 4.79 Å². The molecule has 1 saturated heterocycles. The third-order valence-electron chi connectivity index (χ3n) is 4.35. The molecule has 0 unspecified atom stereocenters. The van der Waals surface area contributed by atoms with Gasteiger partial charge < -0.3 is 4.74 Å². The van der Waals surface area contributed by atoms with Crippen LogP contribution in [0.3, 0.4) is 0 Å². The van der Waals surface area contributed by atoms with Crippen molar-refractivity contribution in [1.29, 1.82) is 0 Å². The molecule has 0 bridgehead atoms. The van der Waals surface area contributed by atoms with Crippen LogP contribution in [0, 0.1) is 0 Å². The quantitative estimate of drug-likeness (QED) is 0.802. The van der Waals surface area contributed by atoms with Crippen molar-refractivity contribution < 1.29 is 9.53 Å². The lowest BCUT2D eigenvalue weighted by Gasteiger charge is -2.19. The molecule has 2 aromatic carbocycles. The van der Waals surface area contributed by atoms with Crippen molar-refractivity contribution >= 4 is 16.7 Å². The number of benzene rings is 2. The average molecular weight is 297 g/mol. The Morgan fingerprint density at radius 1 is 0.955 bits per heavy atom. The van der Waals surface area contributed by atoms with Crippen LogP contribution in [0.4, 0.5) is 0 Å². The number of carbonyl (C=O) groups excluding carboxylic acids is 1. The Balaban J connectivity index is 1.59. The third kappa shape index (κ3) is 3.66. The Morgan fingerprint density at radius 2 is 1.68 bits per heavy atom. The summed E-state index contributed by atoms with van der Waals surface area (Å²) in [5.74, 6) is -0.216. The summed E-state index contributed by atoms with van der Waals surface area (Å²) in [4.78, 5) is 14.7. The number of ether oxygens (including phenoxy) is 1. The molecule has 1 heterocycles. The minimum Gasteiger partial charge on any atom is -0.461 e. The Hall–Kier alpha value is -1.87. The fourth-order valence-electron chi connectivity index (χ4n) is 3.11. The van der Waals surface area contributed by atoms with Gasteiger partial charge >= 0.3 is 5.97 Å². The number of fused-ring (bicyclic) bond motifs is 1. The largest absolute Gasteiger partial charge is 0.461 e. The van der Waals surface area contributed by atoms with E-state index in [4.69, 9.17) is 4.74 Å². The van der Waals surface area contributed by atoms with Crippen LogP contribution in [0.5, 0.6) is 0 Å². The first-order valence-electron chi connectivity index (χ1n) is 8.22. The molecule has 1 aliphatic rings. The summed E-state index contributed by atoms with van der Waals surface area (Å²) in [6.07, 6.45) is 5.17. The highest BCUT2D eigenvalue weighted by atomic mass is 16.5. The van der Waals surface area contributed by atoms with Crippen molar-refractivity contribution in [3.05, 3.63) is 48.0 Å². The van der Waals surface area contributed by atoms with Gasteiger partial charge in [-0.05, 0) is 42.8 Å². The highest BCUT2D eigenvalue weighted by Gasteiger charge is 2.13. The molecule has 0 atom stereocenters. The molecule has 3 nitrogen and oxygen atoms in total. The molecule has 0 aliphatic carbocycles. The number of carbonyl (C=O) groups is 1. The molecule has 1 fully saturated rings. The lowest BCUT2D eigenvalue weighted by atomic mass is 10.1. The van der Waals surface area contributed by atoms with E-state index in [0.717, 1.165) is 30.4 Å². The second-order valence-electron chi connectivity index (χ2n) is 5.92. The van der Waals surface area contributed by atoms with Crippen molar-refractivity contribution in [2.75, 3.05) is 26.2 Å². The van der Waals surface area contributed by atoms with Crippen LogP contribution in [0.1, 0.15) is 36.0 Å². The van der Waals surface area contributed by atoms with Crippen LogP contribution in [0.25, 0.3) is 10.8 Å². The summed E-state index contributed by atoms with van der Waals surface area (Å²) in [5.41, 5.74) is 0.661. The summed E-state index contributed by atoms with van der Waals surface area (Å²) in [6, 6.07) is 13.7. The molecule has 0 amide bonds. The van der Waals surface area contributed by atoms with Gasteiger partial charge in [0.2, 0.25) is 0 Å². The Labute approximate surface area is 131 Å². The number of likely N-dealkylation sites (tertiary alicyclic amines) is 1. The first-order valence-corrected chi connectivity index (χ1v) is 8.22. The smallest absolute Gasteiger partial charge is 0.338 e. The van der Waals surface area contributed by atoms with E-state index in [9.17, 15) is 4.79 Å². The van der Waals surface area contributed by atoms with Crippen LogP contribution >= 0.6 is 0 Å². The van der Waals surface area contributed by atoms with Crippen LogP contribution in [0.15, 0.2) is 42.5 Å². The van der Waals surface area contributed by atoms with Crippen molar-refractivity contribution in [2.45, 2.75) is 25.7 Å². The van der Waals surface area contributed by atoms with Crippen LogP contribution < -0.4 is 0 Å². The molecular formula is C19H23NO2. The maximum Gasteiger partial charge on any atom is 0.338 e. The first kappa shape index (κ1) is 15.0. The van der Waals surface area contributed by atoms with Crippen molar-refractivity contribution in [2.24, 2.45) is 0 Å². The van der Waals surface area contributed by atoms with Gasteiger partial charge in [-0.15, -0.1) is 0 Å². The standard InChI is InChI=1S/C19H23NO2/c21-19(22-15-14-20-12-5-1-2-6-13-20)18-11-7-9-16-8-3-4-10-17(16)18/h3-4,7-11H,1-2,5-6,12-15H2. The monoisotopic (exact) mass is 297 g/mol. The Morgan fingerprint density at radius 3 is 2.50 bits per heavy atom. The summed E-state index contributed by atoms with van der Waals surface area (Å²) < 4.78 is 5.50. The molecule has 3 heteroatoms. The van der Waals surface area contributed by atoms with E-state index in [1.54, 1.807) is 0 Å². The molecule has 0 radical (unpaired) electrons. The summed E-state index contributed by atoms with van der Waals surface area (Å²) in [5, 5.41) is 2.04. The highest BCUT2D eigenvalue weighted by molar-refractivity contribution is 6.04. The van der Waals surface area contributed by atoms with E-state index >= 15 is 0 Å². The fourth-order valence-corrected chi connectivity index (χ4v) is 3.11. The molecular weight excluding hydrogens is 274 g/mol. The molecule has 0 saturated carbocycles. The van der Waals surface area contributed by atoms with E-state index in [1.807, 2.05) is 42.5 Å². The van der Waals surface area contributed by atoms with Gasteiger partial charge in [0, 0.05) is 6.54 Å². The second-order valence-corrected chi connectivity index (χ2v) is 5.92. The van der Waals surface area contributed by atoms with E-state index in [2.05, 4.69) is 4.90 Å². The maximum absolute atomic E-state index is 12.3. The minimum absolute atomic E-state index is 0.216. The summed E-state index contributed by atoms with van der Waals surface area (Å²) >= 11 is 0. The van der Waals surface area contributed by atoms with Gasteiger partial charge in [-0.1, -0.05) is 49.2 Å². The number of hydrogen-bond acceptors (Lipinski definition) is 3. The third-order valence-corrected chi connectivity index (χ3v) is 4.35. The molecule has 0 spiro atoms. The van der Waals surface area contributed by atoms with Crippen LogP contribution in [-0.4, -0.2) is 37.1 Å². The highest BCUT2D eigenvalue weighted by Crippen LogP contribution is 2.19. The molecule has 0 aromatic heterocycles. The average Bonchev–Trinajstić information content (AvgIpc) is 2.83. The van der Waals surface area contributed by atoms with Crippen molar-refractivity contribution in [1.82, 2.24) is 4.90 Å². The fraction of sp³-hybridized carbons (Fsp3) is 0.421. The first-order chi connectivity index (χ1) is 10.8. The van der Waals surface area contributed by atoms with E-state index in [-0.39, 0.29) is 5.97 Å². The number of rotatable bonds is 4. The zero-order chi connectivity index (χ0) is 15.2. The lowest BCUT2D eigenvalue weighted by molar-refractivity contribution is 0.0466. The predicted octanol–water partition coefficient (Wildman–Crippen LogP) is 3.87. The van der Waals surface area contributed by atoms with Gasteiger partial charge in [0.1, 0.15) is 6.61 Å². The second kappa shape index (κ2) is 7.41. The molecule has 116 valence electrons. The number of esters is 1. The zero-order valence-corrected chi connectivity index (χ0v) is 13.0. The lowest BCUT2D eigenvalue weighted by Crippen LogP contribution is -2.29. The van der Waals surface area contributed by atoms with E-state index in [0.29, 0.717) is 12.2 Å². The Kier molecular flexibility index (Phi) is 5.07. The molecule has 1 aliphatic heterocycles. The van der Waals surface area contributed by atoms with Gasteiger partial charge in [-0.2, -0.15) is 0 Å². The molecule has 22 heavy (non-hydrogen) atoms. The maximum atomic E-state index is 12.3. The molecule has 3 rings (SSSR count). The van der Waals surface area contributed by atoms with E-state index < -0.39 is 0 Å². The van der Waals surface area contributed by atoms with Gasteiger partial charge in [-0.3, -0.25) is 4.90 Å². The van der Waals surface area contributed by atoms with Gasteiger partial charge in [0.05, 0.1) is 5.56 Å². The summed E-state index contributed by atoms with van der Waals surface area (Å²) in [7, 11) is 0.